The number of fused-ring (bicyclic) bond motifs is 1. The molecule has 2 rings (SSSR count). The van der Waals surface area contributed by atoms with Crippen LogP contribution in [0.15, 0.2) is 12.3 Å². The summed E-state index contributed by atoms with van der Waals surface area (Å²) >= 11 is 0. The molecular weight excluding hydrogens is 254 g/mol. The molecule has 0 aliphatic heterocycles. The molecule has 1 aliphatic carbocycles. The van der Waals surface area contributed by atoms with Gasteiger partial charge < -0.3 is 15.7 Å². The van der Waals surface area contributed by atoms with E-state index in [1.807, 2.05) is 6.07 Å². The van der Waals surface area contributed by atoms with Crippen LogP contribution in [-0.4, -0.2) is 29.3 Å². The molecule has 5 heteroatoms. The number of urea groups is 1. The number of rotatable bonds is 6. The molecule has 20 heavy (non-hydrogen) atoms. The van der Waals surface area contributed by atoms with Gasteiger partial charge in [-0.3, -0.25) is 4.98 Å². The minimum Gasteiger partial charge on any atom is -0.396 e. The number of aliphatic hydroxyl groups excluding tert-OH is 1. The van der Waals surface area contributed by atoms with Crippen molar-refractivity contribution in [2.24, 2.45) is 0 Å². The zero-order valence-electron chi connectivity index (χ0n) is 11.8. The molecule has 1 aliphatic rings. The third-order valence-corrected chi connectivity index (χ3v) is 3.55. The molecular formula is C15H23N3O2. The molecule has 0 fully saturated rings. The van der Waals surface area contributed by atoms with Gasteiger partial charge in [0.15, 0.2) is 0 Å². The summed E-state index contributed by atoms with van der Waals surface area (Å²) in [5.74, 6) is 0. The molecule has 0 spiro atoms. The normalized spacial score (nSPS) is 13.7. The first kappa shape index (κ1) is 14.8. The molecule has 0 radical (unpaired) electrons. The number of aliphatic hydroxyl groups is 1. The Kier molecular flexibility index (Phi) is 5.80. The van der Waals surface area contributed by atoms with Gasteiger partial charge in [0.1, 0.15) is 0 Å². The van der Waals surface area contributed by atoms with E-state index in [4.69, 9.17) is 5.11 Å². The van der Waals surface area contributed by atoms with Crippen LogP contribution in [-0.2, 0) is 12.8 Å². The Bertz CT molecular complexity index is 449. The second-order valence-corrected chi connectivity index (χ2v) is 5.20. The van der Waals surface area contributed by atoms with Gasteiger partial charge in [-0.15, -0.1) is 0 Å². The maximum absolute atomic E-state index is 11.7. The highest BCUT2D eigenvalue weighted by Gasteiger charge is 2.11. The SMILES string of the molecule is O=C(NCCCCCO)Nc1cnc2c(c1)CCCC2. The lowest BCUT2D eigenvalue weighted by Crippen LogP contribution is -2.29. The van der Waals surface area contributed by atoms with Crippen molar-refractivity contribution >= 4 is 11.7 Å². The smallest absolute Gasteiger partial charge is 0.319 e. The lowest BCUT2D eigenvalue weighted by atomic mass is 9.96. The van der Waals surface area contributed by atoms with Crippen LogP contribution in [0.3, 0.4) is 0 Å². The largest absolute Gasteiger partial charge is 0.396 e. The van der Waals surface area contributed by atoms with Gasteiger partial charge in [0.05, 0.1) is 11.9 Å². The second-order valence-electron chi connectivity index (χ2n) is 5.20. The van der Waals surface area contributed by atoms with Crippen molar-refractivity contribution in [3.63, 3.8) is 0 Å². The quantitative estimate of drug-likeness (QED) is 0.698. The number of carbonyl (C=O) groups excluding carboxylic acids is 1. The standard InChI is InChI=1S/C15H23N3O2/c19-9-5-1-4-8-16-15(20)18-13-10-12-6-2-3-7-14(12)17-11-13/h10-11,19H,1-9H2,(H2,16,18,20). The van der Waals surface area contributed by atoms with Crippen molar-refractivity contribution in [3.05, 3.63) is 23.5 Å². The highest BCUT2D eigenvalue weighted by Crippen LogP contribution is 2.21. The van der Waals surface area contributed by atoms with Crippen molar-refractivity contribution in [1.82, 2.24) is 10.3 Å². The van der Waals surface area contributed by atoms with Crippen LogP contribution in [0.4, 0.5) is 10.5 Å². The van der Waals surface area contributed by atoms with Crippen LogP contribution < -0.4 is 10.6 Å². The highest BCUT2D eigenvalue weighted by molar-refractivity contribution is 5.89. The molecule has 5 nitrogen and oxygen atoms in total. The van der Waals surface area contributed by atoms with Gasteiger partial charge in [-0.25, -0.2) is 4.79 Å². The number of carbonyl (C=O) groups is 1. The number of unbranched alkanes of at least 4 members (excludes halogenated alkanes) is 2. The number of pyridine rings is 1. The summed E-state index contributed by atoms with van der Waals surface area (Å²) in [6.07, 6.45) is 8.85. The Balaban J connectivity index is 1.76. The van der Waals surface area contributed by atoms with Gasteiger partial charge in [0.25, 0.3) is 0 Å². The van der Waals surface area contributed by atoms with E-state index in [1.165, 1.54) is 24.1 Å². The molecule has 1 aromatic rings. The summed E-state index contributed by atoms with van der Waals surface area (Å²) in [5, 5.41) is 14.3. The van der Waals surface area contributed by atoms with Crippen LogP contribution in [0, 0.1) is 0 Å². The predicted molar refractivity (Wildman–Crippen MR) is 78.8 cm³/mol. The molecule has 110 valence electrons. The summed E-state index contributed by atoms with van der Waals surface area (Å²) in [5.41, 5.74) is 3.20. The minimum atomic E-state index is -0.188. The highest BCUT2D eigenvalue weighted by atomic mass is 16.2. The molecule has 0 saturated heterocycles. The molecule has 2 amide bonds. The van der Waals surface area contributed by atoms with E-state index in [-0.39, 0.29) is 12.6 Å². The molecule has 0 bridgehead atoms. The molecule has 0 unspecified atom stereocenters. The van der Waals surface area contributed by atoms with Crippen molar-refractivity contribution in [2.75, 3.05) is 18.5 Å². The minimum absolute atomic E-state index is 0.188. The number of aryl methyl sites for hydroxylation is 2. The number of hydrogen-bond donors (Lipinski definition) is 3. The van der Waals surface area contributed by atoms with E-state index in [0.29, 0.717) is 6.54 Å². The van der Waals surface area contributed by atoms with E-state index in [1.54, 1.807) is 6.20 Å². The first-order chi connectivity index (χ1) is 9.79. The fourth-order valence-corrected chi connectivity index (χ4v) is 2.45. The third-order valence-electron chi connectivity index (χ3n) is 3.55. The van der Waals surface area contributed by atoms with Crippen LogP contribution in [0.1, 0.15) is 43.4 Å². The van der Waals surface area contributed by atoms with Crippen molar-refractivity contribution in [1.29, 1.82) is 0 Å². The topological polar surface area (TPSA) is 74.2 Å². The van der Waals surface area contributed by atoms with Gasteiger partial charge in [0.2, 0.25) is 0 Å². The lowest BCUT2D eigenvalue weighted by molar-refractivity contribution is 0.251. The molecule has 1 heterocycles. The summed E-state index contributed by atoms with van der Waals surface area (Å²) in [6.45, 7) is 0.844. The van der Waals surface area contributed by atoms with E-state index in [0.717, 1.165) is 37.8 Å². The van der Waals surface area contributed by atoms with Gasteiger partial charge in [-0.05, 0) is 56.6 Å². The molecule has 1 aromatic heterocycles. The van der Waals surface area contributed by atoms with E-state index in [2.05, 4.69) is 15.6 Å². The van der Waals surface area contributed by atoms with Crippen LogP contribution in [0.5, 0.6) is 0 Å². The number of anilines is 1. The maximum Gasteiger partial charge on any atom is 0.319 e. The van der Waals surface area contributed by atoms with E-state index >= 15 is 0 Å². The summed E-state index contributed by atoms with van der Waals surface area (Å²) in [6, 6.07) is 1.85. The van der Waals surface area contributed by atoms with E-state index < -0.39 is 0 Å². The number of hydrogen-bond acceptors (Lipinski definition) is 3. The molecule has 0 aromatic carbocycles. The number of nitrogens with one attached hydrogen (secondary N) is 2. The first-order valence-electron chi connectivity index (χ1n) is 7.43. The van der Waals surface area contributed by atoms with E-state index in [9.17, 15) is 4.79 Å². The van der Waals surface area contributed by atoms with Gasteiger partial charge in [0, 0.05) is 18.8 Å². The lowest BCUT2D eigenvalue weighted by Gasteiger charge is -2.15. The molecule has 3 N–H and O–H groups in total. The number of aromatic nitrogens is 1. The van der Waals surface area contributed by atoms with Crippen LogP contribution >= 0.6 is 0 Å². The first-order valence-corrected chi connectivity index (χ1v) is 7.43. The Morgan fingerprint density at radius 1 is 1.25 bits per heavy atom. The average molecular weight is 277 g/mol. The summed E-state index contributed by atoms with van der Waals surface area (Å²) < 4.78 is 0. The van der Waals surface area contributed by atoms with Gasteiger partial charge >= 0.3 is 6.03 Å². The van der Waals surface area contributed by atoms with Gasteiger partial charge in [-0.1, -0.05) is 0 Å². The third kappa shape index (κ3) is 4.49. The summed E-state index contributed by atoms with van der Waals surface area (Å²) in [4.78, 5) is 16.1. The van der Waals surface area contributed by atoms with Crippen molar-refractivity contribution < 1.29 is 9.90 Å². The zero-order chi connectivity index (χ0) is 14.2. The second kappa shape index (κ2) is 7.85. The zero-order valence-corrected chi connectivity index (χ0v) is 11.8. The average Bonchev–Trinajstić information content (AvgIpc) is 2.47. The Morgan fingerprint density at radius 2 is 2.10 bits per heavy atom. The molecule has 0 saturated carbocycles. The number of amides is 2. The maximum atomic E-state index is 11.7. The fourth-order valence-electron chi connectivity index (χ4n) is 2.45. The van der Waals surface area contributed by atoms with Crippen molar-refractivity contribution in [3.8, 4) is 0 Å². The Labute approximate surface area is 119 Å². The predicted octanol–water partition coefficient (Wildman–Crippen LogP) is 2.24. The number of nitrogens with zero attached hydrogens (tertiary/aromatic N) is 1. The monoisotopic (exact) mass is 277 g/mol. The Hall–Kier alpha value is -1.62. The molecule has 0 atom stereocenters. The fraction of sp³-hybridized carbons (Fsp3) is 0.600. The van der Waals surface area contributed by atoms with Crippen LogP contribution in [0.25, 0.3) is 0 Å². The van der Waals surface area contributed by atoms with Crippen molar-refractivity contribution in [2.45, 2.75) is 44.9 Å². The van der Waals surface area contributed by atoms with Crippen LogP contribution in [0.2, 0.25) is 0 Å². The Morgan fingerprint density at radius 3 is 2.95 bits per heavy atom. The summed E-state index contributed by atoms with van der Waals surface area (Å²) in [7, 11) is 0. The van der Waals surface area contributed by atoms with Gasteiger partial charge in [-0.2, -0.15) is 0 Å².